The number of rotatable bonds is 7. The van der Waals surface area contributed by atoms with Crippen molar-refractivity contribution in [3.8, 4) is 0 Å². The van der Waals surface area contributed by atoms with Gasteiger partial charge in [0.05, 0.1) is 23.5 Å². The van der Waals surface area contributed by atoms with E-state index in [1.165, 1.54) is 0 Å². The maximum atomic E-state index is 12.8. The molecule has 2 saturated heterocycles. The first-order chi connectivity index (χ1) is 16.3. The van der Waals surface area contributed by atoms with Crippen molar-refractivity contribution >= 4 is 21.7 Å². The Kier molecular flexibility index (Phi) is 7.85. The second kappa shape index (κ2) is 10.8. The van der Waals surface area contributed by atoms with E-state index in [2.05, 4.69) is 29.0 Å². The molecule has 0 saturated carbocycles. The molecule has 4 rings (SSSR count). The van der Waals surface area contributed by atoms with Crippen LogP contribution in [-0.2, 0) is 32.5 Å². The van der Waals surface area contributed by atoms with Gasteiger partial charge in [0.1, 0.15) is 5.82 Å². The van der Waals surface area contributed by atoms with Crippen LogP contribution >= 0.6 is 0 Å². The number of sulfonamides is 1. The molecule has 184 valence electrons. The number of amides is 1. The molecule has 2 atom stereocenters. The first kappa shape index (κ1) is 24.6. The minimum Gasteiger partial charge on any atom is -0.372 e. The van der Waals surface area contributed by atoms with E-state index in [4.69, 9.17) is 4.74 Å². The van der Waals surface area contributed by atoms with Gasteiger partial charge in [-0.1, -0.05) is 24.6 Å². The summed E-state index contributed by atoms with van der Waals surface area (Å²) in [7, 11) is -3.46. The largest absolute Gasteiger partial charge is 0.372 e. The third-order valence-electron chi connectivity index (χ3n) is 6.28. The van der Waals surface area contributed by atoms with Gasteiger partial charge in [0, 0.05) is 38.9 Å². The van der Waals surface area contributed by atoms with Gasteiger partial charge in [-0.3, -0.25) is 4.79 Å². The predicted molar refractivity (Wildman–Crippen MR) is 131 cm³/mol. The van der Waals surface area contributed by atoms with Crippen LogP contribution in [0.15, 0.2) is 47.5 Å². The number of hydrogen-bond donors (Lipinski definition) is 1. The Bertz CT molecular complexity index is 1060. The first-order valence-electron chi connectivity index (χ1n) is 12.0. The van der Waals surface area contributed by atoms with E-state index in [9.17, 15) is 13.2 Å². The van der Waals surface area contributed by atoms with Gasteiger partial charge in [-0.2, -0.15) is 4.31 Å². The van der Waals surface area contributed by atoms with Gasteiger partial charge < -0.3 is 15.0 Å². The van der Waals surface area contributed by atoms with Crippen LogP contribution in [0.3, 0.4) is 0 Å². The molecular formula is C25H34N4O4S. The lowest BCUT2D eigenvalue weighted by atomic mass is 10.1. The molecule has 9 heteroatoms. The van der Waals surface area contributed by atoms with E-state index in [0.29, 0.717) is 19.6 Å². The molecule has 0 aliphatic carbocycles. The van der Waals surface area contributed by atoms with Gasteiger partial charge in [0.2, 0.25) is 15.9 Å². The smallest absolute Gasteiger partial charge is 0.243 e. The van der Waals surface area contributed by atoms with Gasteiger partial charge in [0.15, 0.2) is 0 Å². The molecule has 2 aliphatic heterocycles. The number of benzene rings is 1. The third-order valence-corrected chi connectivity index (χ3v) is 8.20. The summed E-state index contributed by atoms with van der Waals surface area (Å²) in [5.41, 5.74) is 1.70. The summed E-state index contributed by atoms with van der Waals surface area (Å²) in [6, 6.07) is 10.6. The lowest BCUT2D eigenvalue weighted by molar-refractivity contribution is -0.120. The molecule has 1 amide bonds. The van der Waals surface area contributed by atoms with Crippen LogP contribution in [0.4, 0.5) is 5.82 Å². The third kappa shape index (κ3) is 6.14. The highest BCUT2D eigenvalue weighted by Gasteiger charge is 2.26. The second-order valence-corrected chi connectivity index (χ2v) is 11.2. The van der Waals surface area contributed by atoms with Crippen molar-refractivity contribution in [3.05, 3.63) is 53.7 Å². The fourth-order valence-corrected chi connectivity index (χ4v) is 6.07. The van der Waals surface area contributed by atoms with Crippen LogP contribution in [-0.4, -0.2) is 62.0 Å². The zero-order chi connectivity index (χ0) is 24.1. The molecule has 0 spiro atoms. The molecule has 1 aromatic heterocycles. The molecule has 3 heterocycles. The molecule has 1 aromatic carbocycles. The lowest BCUT2D eigenvalue weighted by Crippen LogP contribution is -2.45. The second-order valence-electron chi connectivity index (χ2n) is 9.25. The lowest BCUT2D eigenvalue weighted by Gasteiger charge is -2.36. The summed E-state index contributed by atoms with van der Waals surface area (Å²) < 4.78 is 32.9. The highest BCUT2D eigenvalue weighted by atomic mass is 32.2. The SMILES string of the molecule is CC1CN(c2ccc(CNC(=O)Cc3ccc(S(=O)(=O)N4CCCCC4)cc3)cn2)CC(C)O1. The summed E-state index contributed by atoms with van der Waals surface area (Å²) >= 11 is 0. The van der Waals surface area contributed by atoms with Crippen LogP contribution in [0.2, 0.25) is 0 Å². The monoisotopic (exact) mass is 486 g/mol. The number of nitrogens with zero attached hydrogens (tertiary/aromatic N) is 3. The van der Waals surface area contributed by atoms with Crippen LogP contribution in [0, 0.1) is 0 Å². The minimum absolute atomic E-state index is 0.119. The van der Waals surface area contributed by atoms with Crippen molar-refractivity contribution in [2.45, 2.75) is 63.2 Å². The molecule has 8 nitrogen and oxygen atoms in total. The molecule has 2 fully saturated rings. The summed E-state index contributed by atoms with van der Waals surface area (Å²) in [5.74, 6) is 0.795. The normalized spacial score (nSPS) is 21.9. The average molecular weight is 487 g/mol. The number of carbonyl (C=O) groups excluding carboxylic acids is 1. The van der Waals surface area contributed by atoms with Gasteiger partial charge in [-0.25, -0.2) is 13.4 Å². The standard InChI is InChI=1S/C25H34N4O4S/c1-19-17-28(18-20(2)33-19)24-11-8-22(15-26-24)16-27-25(30)14-21-6-9-23(10-7-21)34(31,32)29-12-4-3-5-13-29/h6-11,15,19-20H,3-5,12-14,16-18H2,1-2H3,(H,27,30). The Labute approximate surface area is 202 Å². The number of hydrogen-bond acceptors (Lipinski definition) is 6. The number of pyridine rings is 1. The van der Waals surface area contributed by atoms with Crippen molar-refractivity contribution in [3.63, 3.8) is 0 Å². The summed E-state index contributed by atoms with van der Waals surface area (Å²) in [6.07, 6.45) is 5.21. The van der Waals surface area contributed by atoms with Crippen molar-refractivity contribution in [2.24, 2.45) is 0 Å². The quantitative estimate of drug-likeness (QED) is 0.647. The van der Waals surface area contributed by atoms with Crippen molar-refractivity contribution in [2.75, 3.05) is 31.1 Å². The number of piperidine rings is 1. The number of nitrogens with one attached hydrogen (secondary N) is 1. The Morgan fingerprint density at radius 1 is 1.00 bits per heavy atom. The molecule has 0 radical (unpaired) electrons. The Balaban J connectivity index is 1.27. The molecular weight excluding hydrogens is 452 g/mol. The topological polar surface area (TPSA) is 91.8 Å². The summed E-state index contributed by atoms with van der Waals surface area (Å²) in [4.78, 5) is 19.5. The maximum absolute atomic E-state index is 12.8. The van der Waals surface area contributed by atoms with E-state index in [-0.39, 0.29) is 29.4 Å². The fourth-order valence-electron chi connectivity index (χ4n) is 4.56. The van der Waals surface area contributed by atoms with Crippen LogP contribution in [0.25, 0.3) is 0 Å². The first-order valence-corrected chi connectivity index (χ1v) is 13.5. The number of ether oxygens (including phenoxy) is 1. The number of carbonyl (C=O) groups is 1. The van der Waals surface area contributed by atoms with Gasteiger partial charge in [-0.05, 0) is 56.0 Å². The number of morpholine rings is 1. The van der Waals surface area contributed by atoms with E-state index in [1.807, 2.05) is 12.1 Å². The highest BCUT2D eigenvalue weighted by molar-refractivity contribution is 7.89. The van der Waals surface area contributed by atoms with Crippen molar-refractivity contribution < 1.29 is 17.9 Å². The molecule has 2 aliphatic rings. The van der Waals surface area contributed by atoms with E-state index >= 15 is 0 Å². The molecule has 1 N–H and O–H groups in total. The Morgan fingerprint density at radius 2 is 1.65 bits per heavy atom. The summed E-state index contributed by atoms with van der Waals surface area (Å²) in [5, 5.41) is 2.92. The zero-order valence-electron chi connectivity index (χ0n) is 19.9. The Morgan fingerprint density at radius 3 is 2.26 bits per heavy atom. The van der Waals surface area contributed by atoms with E-state index in [0.717, 1.165) is 49.3 Å². The van der Waals surface area contributed by atoms with Crippen LogP contribution in [0.5, 0.6) is 0 Å². The summed E-state index contributed by atoms with van der Waals surface area (Å²) in [6.45, 7) is 7.29. The van der Waals surface area contributed by atoms with Crippen LogP contribution in [0.1, 0.15) is 44.2 Å². The van der Waals surface area contributed by atoms with Crippen molar-refractivity contribution in [1.82, 2.24) is 14.6 Å². The minimum atomic E-state index is -3.46. The highest BCUT2D eigenvalue weighted by Crippen LogP contribution is 2.21. The van der Waals surface area contributed by atoms with E-state index < -0.39 is 10.0 Å². The van der Waals surface area contributed by atoms with Crippen LogP contribution < -0.4 is 10.2 Å². The van der Waals surface area contributed by atoms with E-state index in [1.54, 1.807) is 34.8 Å². The van der Waals surface area contributed by atoms with Gasteiger partial charge in [-0.15, -0.1) is 0 Å². The fraction of sp³-hybridized carbons (Fsp3) is 0.520. The molecule has 34 heavy (non-hydrogen) atoms. The maximum Gasteiger partial charge on any atom is 0.243 e. The Hall–Kier alpha value is -2.49. The van der Waals surface area contributed by atoms with Gasteiger partial charge >= 0.3 is 0 Å². The zero-order valence-corrected chi connectivity index (χ0v) is 20.8. The number of anilines is 1. The molecule has 2 unspecified atom stereocenters. The number of aromatic nitrogens is 1. The molecule has 2 aromatic rings. The average Bonchev–Trinajstić information content (AvgIpc) is 2.83. The van der Waals surface area contributed by atoms with Crippen molar-refractivity contribution in [1.29, 1.82) is 0 Å². The van der Waals surface area contributed by atoms with Gasteiger partial charge in [0.25, 0.3) is 0 Å². The molecule has 0 bridgehead atoms. The predicted octanol–water partition coefficient (Wildman–Crippen LogP) is 2.73.